The molecule has 1 amide bonds. The number of hydrogen-bond acceptors (Lipinski definition) is 3. The Morgan fingerprint density at radius 3 is 2.92 bits per heavy atom. The Bertz CT molecular complexity index is 597. The fourth-order valence-electron chi connectivity index (χ4n) is 3.00. The number of benzene rings is 1. The van der Waals surface area contributed by atoms with Gasteiger partial charge in [-0.25, -0.2) is 0 Å². The predicted octanol–water partition coefficient (Wildman–Crippen LogP) is 3.20. The summed E-state index contributed by atoms with van der Waals surface area (Å²) in [5, 5.41) is 8.80. The molecule has 1 fully saturated rings. The zero-order valence-electron chi connectivity index (χ0n) is 14.1. The van der Waals surface area contributed by atoms with Crippen LogP contribution in [-0.2, 0) is 9.59 Å². The van der Waals surface area contributed by atoms with Gasteiger partial charge in [-0.05, 0) is 44.2 Å². The first-order chi connectivity index (χ1) is 11.6. The number of amides is 1. The van der Waals surface area contributed by atoms with Crippen molar-refractivity contribution in [1.82, 2.24) is 4.90 Å². The third-order valence-electron chi connectivity index (χ3n) is 4.22. The Hall–Kier alpha value is -2.30. The minimum absolute atomic E-state index is 0.0265. The van der Waals surface area contributed by atoms with E-state index in [9.17, 15) is 9.59 Å². The molecule has 5 heteroatoms. The van der Waals surface area contributed by atoms with Crippen LogP contribution in [0.15, 0.2) is 30.3 Å². The molecule has 2 rings (SSSR count). The van der Waals surface area contributed by atoms with Crippen LogP contribution in [0.5, 0.6) is 5.75 Å². The van der Waals surface area contributed by atoms with Crippen LogP contribution in [0.4, 0.5) is 0 Å². The molecule has 1 heterocycles. The molecule has 0 aliphatic carbocycles. The molecule has 1 saturated heterocycles. The SMILES string of the molecule is CCOc1ccccc1/C=C/C(=O)N1CCCC(CCC(=O)O)C1. The maximum atomic E-state index is 12.4. The molecule has 0 aromatic heterocycles. The van der Waals surface area contributed by atoms with Gasteiger partial charge in [-0.15, -0.1) is 0 Å². The van der Waals surface area contributed by atoms with Crippen LogP contribution in [0.3, 0.4) is 0 Å². The number of carbonyl (C=O) groups is 2. The second kappa shape index (κ2) is 9.11. The lowest BCUT2D eigenvalue weighted by atomic mass is 9.93. The quantitative estimate of drug-likeness (QED) is 0.779. The highest BCUT2D eigenvalue weighted by atomic mass is 16.5. The zero-order chi connectivity index (χ0) is 17.4. The summed E-state index contributed by atoms with van der Waals surface area (Å²) in [5.74, 6) is 0.247. The number of carbonyl (C=O) groups excluding carboxylic acids is 1. The van der Waals surface area contributed by atoms with Gasteiger partial charge in [-0.3, -0.25) is 9.59 Å². The number of hydrogen-bond donors (Lipinski definition) is 1. The van der Waals surface area contributed by atoms with Gasteiger partial charge in [0.1, 0.15) is 5.75 Å². The third kappa shape index (κ3) is 5.41. The van der Waals surface area contributed by atoms with Gasteiger partial charge in [0.15, 0.2) is 0 Å². The van der Waals surface area contributed by atoms with E-state index < -0.39 is 5.97 Å². The number of carboxylic acid groups (broad SMARTS) is 1. The van der Waals surface area contributed by atoms with E-state index >= 15 is 0 Å². The third-order valence-corrected chi connectivity index (χ3v) is 4.22. The number of rotatable bonds is 7. The highest BCUT2D eigenvalue weighted by Crippen LogP contribution is 2.22. The summed E-state index contributed by atoms with van der Waals surface area (Å²) >= 11 is 0. The second-order valence-corrected chi connectivity index (χ2v) is 6.03. The summed E-state index contributed by atoms with van der Waals surface area (Å²) in [5.41, 5.74) is 0.882. The van der Waals surface area contributed by atoms with E-state index in [0.717, 1.165) is 30.7 Å². The van der Waals surface area contributed by atoms with Gasteiger partial charge in [0.25, 0.3) is 0 Å². The summed E-state index contributed by atoms with van der Waals surface area (Å²) in [6, 6.07) is 7.62. The van der Waals surface area contributed by atoms with Crippen molar-refractivity contribution in [2.24, 2.45) is 5.92 Å². The molecule has 1 aliphatic rings. The fourth-order valence-corrected chi connectivity index (χ4v) is 3.00. The molecule has 1 unspecified atom stereocenters. The number of ether oxygens (including phenoxy) is 1. The maximum absolute atomic E-state index is 12.4. The van der Waals surface area contributed by atoms with Crippen LogP contribution < -0.4 is 4.74 Å². The molecule has 1 atom stereocenters. The smallest absolute Gasteiger partial charge is 0.303 e. The highest BCUT2D eigenvalue weighted by molar-refractivity contribution is 5.92. The van der Waals surface area contributed by atoms with Crippen molar-refractivity contribution in [3.8, 4) is 5.75 Å². The van der Waals surface area contributed by atoms with Crippen molar-refractivity contribution in [1.29, 1.82) is 0 Å². The average molecular weight is 331 g/mol. The molecule has 1 aromatic rings. The van der Waals surface area contributed by atoms with Crippen molar-refractivity contribution in [2.45, 2.75) is 32.6 Å². The number of carboxylic acids is 1. The summed E-state index contributed by atoms with van der Waals surface area (Å²) in [6.07, 6.45) is 6.10. The molecule has 0 spiro atoms. The van der Waals surface area contributed by atoms with Gasteiger partial charge >= 0.3 is 5.97 Å². The van der Waals surface area contributed by atoms with Crippen molar-refractivity contribution in [3.05, 3.63) is 35.9 Å². The van der Waals surface area contributed by atoms with E-state index in [1.807, 2.05) is 36.1 Å². The van der Waals surface area contributed by atoms with E-state index in [-0.39, 0.29) is 18.2 Å². The maximum Gasteiger partial charge on any atom is 0.303 e. The Labute approximate surface area is 142 Å². The lowest BCUT2D eigenvalue weighted by Crippen LogP contribution is -2.39. The van der Waals surface area contributed by atoms with E-state index in [1.54, 1.807) is 12.2 Å². The van der Waals surface area contributed by atoms with Crippen molar-refractivity contribution < 1.29 is 19.4 Å². The molecule has 5 nitrogen and oxygen atoms in total. The summed E-state index contributed by atoms with van der Waals surface area (Å²) < 4.78 is 5.55. The van der Waals surface area contributed by atoms with Crippen molar-refractivity contribution in [2.75, 3.05) is 19.7 Å². The van der Waals surface area contributed by atoms with Crippen LogP contribution in [0, 0.1) is 5.92 Å². The lowest BCUT2D eigenvalue weighted by Gasteiger charge is -2.32. The second-order valence-electron chi connectivity index (χ2n) is 6.03. The lowest BCUT2D eigenvalue weighted by molar-refractivity contribution is -0.137. The Balaban J connectivity index is 1.95. The topological polar surface area (TPSA) is 66.8 Å². The van der Waals surface area contributed by atoms with Gasteiger partial charge in [0, 0.05) is 31.1 Å². The van der Waals surface area contributed by atoms with Gasteiger partial charge in [-0.1, -0.05) is 18.2 Å². The van der Waals surface area contributed by atoms with Gasteiger partial charge < -0.3 is 14.7 Å². The normalized spacial score (nSPS) is 17.9. The van der Waals surface area contributed by atoms with Crippen LogP contribution >= 0.6 is 0 Å². The Morgan fingerprint density at radius 2 is 2.17 bits per heavy atom. The molecule has 130 valence electrons. The van der Waals surface area contributed by atoms with E-state index in [0.29, 0.717) is 19.6 Å². The molecule has 1 aliphatic heterocycles. The van der Waals surface area contributed by atoms with Crippen LogP contribution in [0.1, 0.15) is 38.2 Å². The molecule has 0 saturated carbocycles. The predicted molar refractivity (Wildman–Crippen MR) is 92.8 cm³/mol. The highest BCUT2D eigenvalue weighted by Gasteiger charge is 2.22. The molecule has 1 aromatic carbocycles. The molecule has 0 radical (unpaired) electrons. The Morgan fingerprint density at radius 1 is 1.38 bits per heavy atom. The monoisotopic (exact) mass is 331 g/mol. The average Bonchev–Trinajstić information content (AvgIpc) is 2.59. The summed E-state index contributed by atoms with van der Waals surface area (Å²) in [7, 11) is 0. The molecule has 0 bridgehead atoms. The standard InChI is InChI=1S/C19H25NO4/c1-2-24-17-8-4-3-7-16(17)10-11-18(21)20-13-5-6-15(14-20)9-12-19(22)23/h3-4,7-8,10-11,15H,2,5-6,9,12-14H2,1H3,(H,22,23)/b11-10+. The first kappa shape index (κ1) is 18.0. The fraction of sp³-hybridized carbons (Fsp3) is 0.474. The van der Waals surface area contributed by atoms with Gasteiger partial charge in [0.2, 0.25) is 5.91 Å². The number of nitrogens with zero attached hydrogens (tertiary/aromatic N) is 1. The van der Waals surface area contributed by atoms with E-state index in [4.69, 9.17) is 9.84 Å². The molecule has 24 heavy (non-hydrogen) atoms. The first-order valence-electron chi connectivity index (χ1n) is 8.50. The van der Waals surface area contributed by atoms with Crippen LogP contribution in [0.2, 0.25) is 0 Å². The van der Waals surface area contributed by atoms with E-state index in [2.05, 4.69) is 0 Å². The zero-order valence-corrected chi connectivity index (χ0v) is 14.1. The van der Waals surface area contributed by atoms with Crippen molar-refractivity contribution >= 4 is 18.0 Å². The number of aliphatic carboxylic acids is 1. The van der Waals surface area contributed by atoms with Gasteiger partial charge in [-0.2, -0.15) is 0 Å². The van der Waals surface area contributed by atoms with Gasteiger partial charge in [0.05, 0.1) is 6.61 Å². The Kier molecular flexibility index (Phi) is 6.85. The number of piperidine rings is 1. The van der Waals surface area contributed by atoms with Crippen molar-refractivity contribution in [3.63, 3.8) is 0 Å². The van der Waals surface area contributed by atoms with E-state index in [1.165, 1.54) is 0 Å². The van der Waals surface area contributed by atoms with Crippen LogP contribution in [0.25, 0.3) is 6.08 Å². The minimum Gasteiger partial charge on any atom is -0.493 e. The minimum atomic E-state index is -0.772. The largest absolute Gasteiger partial charge is 0.493 e. The first-order valence-corrected chi connectivity index (χ1v) is 8.50. The molecular formula is C19H25NO4. The number of para-hydroxylation sites is 1. The molecule has 1 N–H and O–H groups in total. The van der Waals surface area contributed by atoms with Crippen LogP contribution in [-0.4, -0.2) is 41.6 Å². The molecular weight excluding hydrogens is 306 g/mol. The summed E-state index contributed by atoms with van der Waals surface area (Å²) in [4.78, 5) is 24.9. The summed E-state index contributed by atoms with van der Waals surface area (Å²) in [6.45, 7) is 3.89. The number of likely N-dealkylation sites (tertiary alicyclic amines) is 1.